The average molecular weight is 265 g/mol. The molecule has 2 unspecified atom stereocenters. The first kappa shape index (κ1) is 14.5. The van der Waals surface area contributed by atoms with Crippen LogP contribution in [-0.4, -0.2) is 28.0 Å². The lowest BCUT2D eigenvalue weighted by molar-refractivity contribution is 0.133. The van der Waals surface area contributed by atoms with E-state index in [1.54, 1.807) is 0 Å². The Bertz CT molecular complexity index is 364. The molecule has 0 aliphatic heterocycles. The Morgan fingerprint density at radius 1 is 1.37 bits per heavy atom. The minimum atomic E-state index is 0.347. The summed E-state index contributed by atoms with van der Waals surface area (Å²) < 4.78 is 2.08. The molecule has 1 heterocycles. The summed E-state index contributed by atoms with van der Waals surface area (Å²) in [5.74, 6) is 1.14. The van der Waals surface area contributed by atoms with Crippen molar-refractivity contribution >= 4 is 0 Å². The smallest absolute Gasteiger partial charge is 0.0522 e. The van der Waals surface area contributed by atoms with Crippen LogP contribution in [0.3, 0.4) is 0 Å². The van der Waals surface area contributed by atoms with Crippen molar-refractivity contribution in [3.63, 3.8) is 0 Å². The van der Waals surface area contributed by atoms with Gasteiger partial charge in [-0.15, -0.1) is 0 Å². The lowest BCUT2D eigenvalue weighted by atomic mass is 9.79. The first-order valence-electron chi connectivity index (χ1n) is 7.67. The van der Waals surface area contributed by atoms with Crippen molar-refractivity contribution in [2.24, 2.45) is 11.8 Å². The summed E-state index contributed by atoms with van der Waals surface area (Å²) in [6, 6.07) is 2.09. The van der Waals surface area contributed by atoms with Crippen LogP contribution in [0, 0.1) is 11.8 Å². The predicted octanol–water partition coefficient (Wildman–Crippen LogP) is 2.18. The number of aliphatic hydroxyl groups is 1. The minimum absolute atomic E-state index is 0.347. The van der Waals surface area contributed by atoms with E-state index in [1.807, 2.05) is 6.20 Å². The molecule has 0 bridgehead atoms. The summed E-state index contributed by atoms with van der Waals surface area (Å²) in [6.07, 6.45) is 8.04. The molecule has 0 aromatic carbocycles. The van der Waals surface area contributed by atoms with Crippen molar-refractivity contribution in [2.45, 2.75) is 52.1 Å². The van der Waals surface area contributed by atoms with Gasteiger partial charge >= 0.3 is 0 Å². The molecule has 1 saturated carbocycles. The van der Waals surface area contributed by atoms with E-state index in [4.69, 9.17) is 0 Å². The van der Waals surface area contributed by atoms with Crippen LogP contribution in [0.15, 0.2) is 12.3 Å². The average Bonchev–Trinajstić information content (AvgIpc) is 2.87. The van der Waals surface area contributed by atoms with Crippen LogP contribution < -0.4 is 5.32 Å². The fourth-order valence-corrected chi connectivity index (χ4v) is 3.10. The van der Waals surface area contributed by atoms with Crippen molar-refractivity contribution in [3.05, 3.63) is 18.0 Å². The van der Waals surface area contributed by atoms with Crippen LogP contribution in [0.4, 0.5) is 0 Å². The molecular formula is C15H27N3O. The van der Waals surface area contributed by atoms with E-state index in [0.717, 1.165) is 26.1 Å². The van der Waals surface area contributed by atoms with E-state index in [9.17, 15) is 5.11 Å². The van der Waals surface area contributed by atoms with Gasteiger partial charge in [-0.1, -0.05) is 19.8 Å². The quantitative estimate of drug-likeness (QED) is 0.794. The zero-order valence-corrected chi connectivity index (χ0v) is 12.0. The third-order valence-corrected chi connectivity index (χ3v) is 4.25. The van der Waals surface area contributed by atoms with Crippen molar-refractivity contribution in [1.82, 2.24) is 15.1 Å². The normalized spacial score (nSPS) is 23.7. The van der Waals surface area contributed by atoms with E-state index < -0.39 is 0 Å². The topological polar surface area (TPSA) is 50.1 Å². The first-order chi connectivity index (χ1) is 9.35. The van der Waals surface area contributed by atoms with Gasteiger partial charge in [0, 0.05) is 25.9 Å². The fourth-order valence-electron chi connectivity index (χ4n) is 3.10. The van der Waals surface area contributed by atoms with Crippen molar-refractivity contribution < 1.29 is 5.11 Å². The van der Waals surface area contributed by atoms with Crippen LogP contribution >= 0.6 is 0 Å². The van der Waals surface area contributed by atoms with Crippen molar-refractivity contribution in [3.8, 4) is 0 Å². The van der Waals surface area contributed by atoms with Gasteiger partial charge in [0.05, 0.1) is 5.69 Å². The molecule has 4 heteroatoms. The Labute approximate surface area is 116 Å². The van der Waals surface area contributed by atoms with E-state index in [0.29, 0.717) is 18.4 Å². The fraction of sp³-hybridized carbons (Fsp3) is 0.800. The lowest BCUT2D eigenvalue weighted by Crippen LogP contribution is -2.32. The molecule has 1 aromatic heterocycles. The third-order valence-electron chi connectivity index (χ3n) is 4.25. The maximum absolute atomic E-state index is 9.42. The highest BCUT2D eigenvalue weighted by Gasteiger charge is 2.23. The number of hydrogen-bond donors (Lipinski definition) is 2. The second kappa shape index (κ2) is 7.65. The molecular weight excluding hydrogens is 238 g/mol. The number of rotatable bonds is 7. The Kier molecular flexibility index (Phi) is 5.86. The molecule has 0 saturated heterocycles. The standard InChI is InChI=1S/C15H27N3O/c1-2-9-18-15(7-8-17-18)11-16-10-13-5-3-4-6-14(13)12-19/h7-8,13-14,16,19H,2-6,9-12H2,1H3. The highest BCUT2D eigenvalue weighted by molar-refractivity contribution is 5.00. The largest absolute Gasteiger partial charge is 0.396 e. The summed E-state index contributed by atoms with van der Waals surface area (Å²) >= 11 is 0. The van der Waals surface area contributed by atoms with E-state index in [2.05, 4.69) is 28.1 Å². The van der Waals surface area contributed by atoms with Crippen LogP contribution in [0.25, 0.3) is 0 Å². The van der Waals surface area contributed by atoms with Gasteiger partial charge in [-0.05, 0) is 43.7 Å². The molecule has 1 aromatic rings. The number of nitrogens with one attached hydrogen (secondary N) is 1. The molecule has 0 amide bonds. The molecule has 4 nitrogen and oxygen atoms in total. The van der Waals surface area contributed by atoms with Gasteiger partial charge in [0.1, 0.15) is 0 Å². The molecule has 0 spiro atoms. The second-order valence-corrected chi connectivity index (χ2v) is 5.66. The van der Waals surface area contributed by atoms with Crippen LogP contribution in [0.5, 0.6) is 0 Å². The summed E-state index contributed by atoms with van der Waals surface area (Å²) in [5.41, 5.74) is 1.26. The van der Waals surface area contributed by atoms with Crippen LogP contribution in [0.1, 0.15) is 44.7 Å². The maximum Gasteiger partial charge on any atom is 0.0522 e. The van der Waals surface area contributed by atoms with Gasteiger partial charge in [-0.2, -0.15) is 5.10 Å². The molecule has 108 valence electrons. The SMILES string of the molecule is CCCn1nccc1CNCC1CCCCC1CO. The molecule has 2 rings (SSSR count). The molecule has 1 aliphatic rings. The number of nitrogens with zero attached hydrogens (tertiary/aromatic N) is 2. The zero-order valence-electron chi connectivity index (χ0n) is 12.0. The molecule has 2 N–H and O–H groups in total. The highest BCUT2D eigenvalue weighted by Crippen LogP contribution is 2.29. The number of aliphatic hydroxyl groups excluding tert-OH is 1. The summed E-state index contributed by atoms with van der Waals surface area (Å²) in [6.45, 7) is 5.41. The zero-order chi connectivity index (χ0) is 13.5. The van der Waals surface area contributed by atoms with Crippen molar-refractivity contribution in [1.29, 1.82) is 0 Å². The Hall–Kier alpha value is -0.870. The molecule has 1 aliphatic carbocycles. The molecule has 19 heavy (non-hydrogen) atoms. The molecule has 1 fully saturated rings. The van der Waals surface area contributed by atoms with Crippen molar-refractivity contribution in [2.75, 3.05) is 13.2 Å². The van der Waals surface area contributed by atoms with E-state index >= 15 is 0 Å². The summed E-state index contributed by atoms with van der Waals surface area (Å²) in [7, 11) is 0. The van der Waals surface area contributed by atoms with E-state index in [1.165, 1.54) is 31.4 Å². The lowest BCUT2D eigenvalue weighted by Gasteiger charge is -2.30. The number of aryl methyl sites for hydroxylation is 1. The maximum atomic E-state index is 9.42. The van der Waals surface area contributed by atoms with Crippen LogP contribution in [0.2, 0.25) is 0 Å². The molecule has 2 atom stereocenters. The monoisotopic (exact) mass is 265 g/mol. The van der Waals surface area contributed by atoms with Gasteiger partial charge in [0.2, 0.25) is 0 Å². The van der Waals surface area contributed by atoms with E-state index in [-0.39, 0.29) is 0 Å². The van der Waals surface area contributed by atoms with Gasteiger partial charge < -0.3 is 10.4 Å². The number of hydrogen-bond acceptors (Lipinski definition) is 3. The van der Waals surface area contributed by atoms with Gasteiger partial charge in [0.25, 0.3) is 0 Å². The van der Waals surface area contributed by atoms with Gasteiger partial charge in [-0.25, -0.2) is 0 Å². The summed E-state index contributed by atoms with van der Waals surface area (Å²) in [4.78, 5) is 0. The first-order valence-corrected chi connectivity index (χ1v) is 7.67. The second-order valence-electron chi connectivity index (χ2n) is 5.66. The molecule has 0 radical (unpaired) electrons. The van der Waals surface area contributed by atoms with Gasteiger partial charge in [-0.3, -0.25) is 4.68 Å². The number of aromatic nitrogens is 2. The minimum Gasteiger partial charge on any atom is -0.396 e. The Morgan fingerprint density at radius 2 is 2.16 bits per heavy atom. The highest BCUT2D eigenvalue weighted by atomic mass is 16.3. The summed E-state index contributed by atoms with van der Waals surface area (Å²) in [5, 5.41) is 17.3. The van der Waals surface area contributed by atoms with Gasteiger partial charge in [0.15, 0.2) is 0 Å². The Morgan fingerprint density at radius 3 is 2.89 bits per heavy atom. The third kappa shape index (κ3) is 4.05. The Balaban J connectivity index is 1.77. The van der Waals surface area contributed by atoms with Crippen LogP contribution in [-0.2, 0) is 13.1 Å². The predicted molar refractivity (Wildman–Crippen MR) is 76.8 cm³/mol.